The van der Waals surface area contributed by atoms with E-state index in [1.807, 2.05) is 0 Å². The van der Waals surface area contributed by atoms with Crippen LogP contribution in [0.2, 0.25) is 0 Å². The summed E-state index contributed by atoms with van der Waals surface area (Å²) in [5.74, 6) is 0.938. The van der Waals surface area contributed by atoms with Crippen LogP contribution in [0.1, 0.15) is 24.4 Å². The predicted molar refractivity (Wildman–Crippen MR) is 84.7 cm³/mol. The van der Waals surface area contributed by atoms with E-state index in [2.05, 4.69) is 21.2 Å². The molecule has 0 aliphatic carbocycles. The van der Waals surface area contributed by atoms with Gasteiger partial charge in [0, 0.05) is 12.5 Å². The van der Waals surface area contributed by atoms with E-state index in [4.69, 9.17) is 14.2 Å². The number of halogens is 1. The zero-order chi connectivity index (χ0) is 17.1. The first-order valence-electron chi connectivity index (χ1n) is 6.87. The van der Waals surface area contributed by atoms with Crippen LogP contribution in [-0.4, -0.2) is 43.7 Å². The largest absolute Gasteiger partial charge is 0.762 e. The molecule has 0 aromatic heterocycles. The van der Waals surface area contributed by atoms with Crippen LogP contribution in [0.4, 0.5) is 0 Å². The maximum Gasteiger partial charge on any atom is 0.220 e. The molecule has 1 fully saturated rings. The first-order valence-corrected chi connectivity index (χ1v) is 7.66. The minimum Gasteiger partial charge on any atom is -0.762 e. The number of hydroxylamine groups is 2. The van der Waals surface area contributed by atoms with Gasteiger partial charge in [-0.05, 0) is 34.0 Å². The average Bonchev–Trinajstić information content (AvgIpc) is 2.53. The van der Waals surface area contributed by atoms with Gasteiger partial charge in [0.15, 0.2) is 11.5 Å². The van der Waals surface area contributed by atoms with Gasteiger partial charge in [-0.15, -0.1) is 0 Å². The lowest BCUT2D eigenvalue weighted by molar-refractivity contribution is -0.133. The normalized spacial score (nSPS) is 21.1. The molecule has 2 rings (SSSR count). The lowest BCUT2D eigenvalue weighted by atomic mass is 9.92. The third-order valence-corrected chi connectivity index (χ3v) is 4.60. The number of ether oxygens (including phenoxy) is 3. The molecule has 2 N–H and O–H groups in total. The van der Waals surface area contributed by atoms with Gasteiger partial charge in [0.05, 0.1) is 31.8 Å². The van der Waals surface area contributed by atoms with Crippen molar-refractivity contribution in [2.24, 2.45) is 0 Å². The highest BCUT2D eigenvalue weighted by Crippen LogP contribution is 2.47. The number of nitrogens with one attached hydrogen (secondary N) is 1. The third-order valence-electron chi connectivity index (χ3n) is 3.78. The molecule has 1 aromatic rings. The summed E-state index contributed by atoms with van der Waals surface area (Å²) in [4.78, 5) is 11.7. The highest BCUT2D eigenvalue weighted by atomic mass is 79.9. The Morgan fingerprint density at radius 1 is 1.30 bits per heavy atom. The molecule has 1 aliphatic heterocycles. The first kappa shape index (κ1) is 17.8. The molecule has 2 atom stereocenters. The highest BCUT2D eigenvalue weighted by Gasteiger charge is 2.34. The van der Waals surface area contributed by atoms with Crippen molar-refractivity contribution in [3.05, 3.63) is 21.3 Å². The molecule has 0 saturated carbocycles. The zero-order valence-electron chi connectivity index (χ0n) is 13.0. The molecule has 128 valence electrons. The summed E-state index contributed by atoms with van der Waals surface area (Å²) < 4.78 is 16.4. The highest BCUT2D eigenvalue weighted by molar-refractivity contribution is 9.10. The second-order valence-electron chi connectivity index (χ2n) is 5.00. The minimum absolute atomic E-state index is 0.125. The van der Waals surface area contributed by atoms with E-state index in [1.54, 1.807) is 6.07 Å². The number of carbonyl (C=O) groups is 1. The number of methoxy groups -OCH3 is 3. The molecule has 1 aliphatic rings. The van der Waals surface area contributed by atoms with E-state index in [0.29, 0.717) is 27.3 Å². The van der Waals surface area contributed by atoms with Crippen LogP contribution in [-0.2, 0) is 4.79 Å². The van der Waals surface area contributed by atoms with Gasteiger partial charge >= 0.3 is 0 Å². The number of hydrogen-bond acceptors (Lipinski definition) is 7. The van der Waals surface area contributed by atoms with E-state index in [0.717, 1.165) is 0 Å². The standard InChI is InChI=1S/C14H18BrN2O6/c1-21-9-6-7(11(15)14(23-3)13(9)22-2)12-8(17(19)20)4-5-10(18)16-12/h6,8,12,19H,4-5H2,1-3H3,(H,16,18)/q-1/t8-,12-/m0/s1. The van der Waals surface area contributed by atoms with Crippen molar-refractivity contribution in [3.63, 3.8) is 0 Å². The summed E-state index contributed by atoms with van der Waals surface area (Å²) in [7, 11) is 4.41. The van der Waals surface area contributed by atoms with E-state index in [9.17, 15) is 15.2 Å². The molecule has 0 radical (unpaired) electrons. The van der Waals surface area contributed by atoms with Crippen molar-refractivity contribution in [1.82, 2.24) is 10.5 Å². The fourth-order valence-electron chi connectivity index (χ4n) is 2.68. The molecule has 1 aromatic carbocycles. The van der Waals surface area contributed by atoms with Gasteiger partial charge in [0.25, 0.3) is 0 Å². The molecule has 0 spiro atoms. The van der Waals surface area contributed by atoms with Crippen LogP contribution >= 0.6 is 15.9 Å². The molecule has 23 heavy (non-hydrogen) atoms. The van der Waals surface area contributed by atoms with Crippen molar-refractivity contribution >= 4 is 21.8 Å². The maximum absolute atomic E-state index is 11.7. The Hall–Kier alpha value is -1.55. The van der Waals surface area contributed by atoms with Crippen molar-refractivity contribution in [2.45, 2.75) is 24.9 Å². The zero-order valence-corrected chi connectivity index (χ0v) is 14.5. The van der Waals surface area contributed by atoms with Crippen LogP contribution < -0.4 is 19.5 Å². The topological polar surface area (TPSA) is 103 Å². The Balaban J connectivity index is 2.58. The lowest BCUT2D eigenvalue weighted by Gasteiger charge is -2.40. The minimum atomic E-state index is -0.813. The van der Waals surface area contributed by atoms with Crippen LogP contribution in [0, 0.1) is 5.21 Å². The fraction of sp³-hybridized carbons (Fsp3) is 0.500. The SMILES string of the molecule is COc1cc([C@@H]2NC(=O)CC[C@@H]2N([O-])O)c(Br)c(OC)c1OC. The van der Waals surface area contributed by atoms with E-state index >= 15 is 0 Å². The van der Waals surface area contributed by atoms with E-state index < -0.39 is 12.1 Å². The molecular formula is C14H18BrN2O6-. The summed E-state index contributed by atoms with van der Waals surface area (Å²) in [6.45, 7) is 0. The smallest absolute Gasteiger partial charge is 0.220 e. The number of nitrogens with zero attached hydrogens (tertiary/aromatic N) is 1. The Kier molecular flexibility index (Phi) is 5.69. The van der Waals surface area contributed by atoms with Crippen LogP contribution in [0.3, 0.4) is 0 Å². The molecule has 0 bridgehead atoms. The Morgan fingerprint density at radius 2 is 1.96 bits per heavy atom. The quantitative estimate of drug-likeness (QED) is 0.741. The second-order valence-corrected chi connectivity index (χ2v) is 5.80. The van der Waals surface area contributed by atoms with Crippen LogP contribution in [0.25, 0.3) is 0 Å². The Labute approximate surface area is 142 Å². The molecule has 0 unspecified atom stereocenters. The van der Waals surface area contributed by atoms with Gasteiger partial charge in [-0.2, -0.15) is 0 Å². The van der Waals surface area contributed by atoms with Crippen LogP contribution in [0.15, 0.2) is 10.5 Å². The summed E-state index contributed by atoms with van der Waals surface area (Å²) in [5, 5.41) is 23.4. The number of carbonyl (C=O) groups excluding carboxylic acids is 1. The van der Waals surface area contributed by atoms with Crippen molar-refractivity contribution in [1.29, 1.82) is 0 Å². The molecule has 8 nitrogen and oxygen atoms in total. The fourth-order valence-corrected chi connectivity index (χ4v) is 3.38. The number of hydrogen-bond donors (Lipinski definition) is 2. The molecule has 9 heteroatoms. The predicted octanol–water partition coefficient (Wildman–Crippen LogP) is 1.98. The number of benzene rings is 1. The van der Waals surface area contributed by atoms with Crippen molar-refractivity contribution in [2.75, 3.05) is 21.3 Å². The number of piperidine rings is 1. The van der Waals surface area contributed by atoms with Gasteiger partial charge in [0.1, 0.15) is 0 Å². The second kappa shape index (κ2) is 7.35. The van der Waals surface area contributed by atoms with Gasteiger partial charge in [-0.3, -0.25) is 10.0 Å². The van der Waals surface area contributed by atoms with E-state index in [-0.39, 0.29) is 24.0 Å². The van der Waals surface area contributed by atoms with Crippen LogP contribution in [0.5, 0.6) is 17.2 Å². The molecule has 1 amide bonds. The maximum atomic E-state index is 11.7. The van der Waals surface area contributed by atoms with E-state index in [1.165, 1.54) is 21.3 Å². The summed E-state index contributed by atoms with van der Waals surface area (Å²) in [5.41, 5.74) is 0.549. The lowest BCUT2D eigenvalue weighted by Crippen LogP contribution is -2.47. The van der Waals surface area contributed by atoms with Gasteiger partial charge in [-0.25, -0.2) is 0 Å². The Morgan fingerprint density at radius 3 is 2.48 bits per heavy atom. The van der Waals surface area contributed by atoms with Gasteiger partial charge < -0.3 is 29.9 Å². The molecule has 1 heterocycles. The van der Waals surface area contributed by atoms with Gasteiger partial charge in [-0.1, -0.05) is 0 Å². The number of amides is 1. The molecular weight excluding hydrogens is 372 g/mol. The first-order chi connectivity index (χ1) is 10.9. The summed E-state index contributed by atoms with van der Waals surface area (Å²) in [6, 6.07) is 0.103. The molecule has 1 saturated heterocycles. The summed E-state index contributed by atoms with van der Waals surface area (Å²) in [6.07, 6.45) is 0.405. The number of rotatable bonds is 5. The third kappa shape index (κ3) is 3.37. The van der Waals surface area contributed by atoms with Crippen molar-refractivity contribution < 1.29 is 24.2 Å². The van der Waals surface area contributed by atoms with Gasteiger partial charge in [0.2, 0.25) is 11.7 Å². The Bertz CT molecular complexity index is 595. The summed E-state index contributed by atoms with van der Waals surface area (Å²) >= 11 is 3.41. The van der Waals surface area contributed by atoms with Crippen molar-refractivity contribution in [3.8, 4) is 17.2 Å². The monoisotopic (exact) mass is 389 g/mol. The average molecular weight is 390 g/mol.